The van der Waals surface area contributed by atoms with Crippen molar-refractivity contribution in [2.75, 3.05) is 0 Å². The molecule has 1 saturated carbocycles. The first-order chi connectivity index (χ1) is 12.7. The number of halogens is 4. The number of hydrogen-bond donors (Lipinski definition) is 1. The minimum Gasteiger partial charge on any atom is -0.264 e. The molecule has 1 N–H and O–H groups in total. The molecular weight excluding hydrogens is 384 g/mol. The standard InChI is InChI=1S/C18H16F4N2O2S/c19-16-7-10(1-5-15(16)18(20,21)22)13-8-23-9-14-12(13)4-6-17(14)24-27(25,26)11-2-3-11/h1,5,7-9,11,17,24H,2-4,6H2. The summed E-state index contributed by atoms with van der Waals surface area (Å²) in [6, 6.07) is 2.36. The summed E-state index contributed by atoms with van der Waals surface area (Å²) in [7, 11) is -3.38. The van der Waals surface area contributed by atoms with Crippen LogP contribution in [0.2, 0.25) is 0 Å². The van der Waals surface area contributed by atoms with Gasteiger partial charge < -0.3 is 0 Å². The van der Waals surface area contributed by atoms with Crippen LogP contribution < -0.4 is 4.72 Å². The topological polar surface area (TPSA) is 59.1 Å². The van der Waals surface area contributed by atoms with Crippen molar-refractivity contribution in [2.24, 2.45) is 0 Å². The van der Waals surface area contributed by atoms with E-state index in [0.29, 0.717) is 42.9 Å². The monoisotopic (exact) mass is 400 g/mol. The smallest absolute Gasteiger partial charge is 0.264 e. The lowest BCUT2D eigenvalue weighted by Gasteiger charge is -2.15. The van der Waals surface area contributed by atoms with Gasteiger partial charge in [-0.15, -0.1) is 0 Å². The molecule has 2 aliphatic carbocycles. The third kappa shape index (κ3) is 3.45. The van der Waals surface area contributed by atoms with Crippen LogP contribution in [-0.2, 0) is 22.6 Å². The summed E-state index contributed by atoms with van der Waals surface area (Å²) in [5, 5.41) is -0.346. The van der Waals surface area contributed by atoms with E-state index in [0.717, 1.165) is 11.6 Å². The molecule has 2 aliphatic rings. The number of sulfonamides is 1. The molecule has 0 spiro atoms. The number of nitrogens with zero attached hydrogens (tertiary/aromatic N) is 1. The number of benzene rings is 1. The second-order valence-corrected chi connectivity index (χ2v) is 8.89. The Morgan fingerprint density at radius 3 is 2.48 bits per heavy atom. The van der Waals surface area contributed by atoms with Gasteiger partial charge in [0, 0.05) is 24.0 Å². The Bertz CT molecular complexity index is 1000. The van der Waals surface area contributed by atoms with E-state index in [1.54, 1.807) is 6.20 Å². The molecule has 27 heavy (non-hydrogen) atoms. The molecule has 1 atom stereocenters. The lowest BCUT2D eigenvalue weighted by Crippen LogP contribution is -2.30. The van der Waals surface area contributed by atoms with Crippen molar-refractivity contribution in [1.82, 2.24) is 9.71 Å². The lowest BCUT2D eigenvalue weighted by molar-refractivity contribution is -0.139. The number of hydrogen-bond acceptors (Lipinski definition) is 3. The number of pyridine rings is 1. The molecule has 0 bridgehead atoms. The van der Waals surface area contributed by atoms with E-state index in [1.807, 2.05) is 0 Å². The van der Waals surface area contributed by atoms with E-state index in [-0.39, 0.29) is 10.8 Å². The normalized spacial score (nSPS) is 19.9. The molecule has 0 amide bonds. The highest BCUT2D eigenvalue weighted by Crippen LogP contribution is 2.40. The van der Waals surface area contributed by atoms with Crippen molar-refractivity contribution in [3.63, 3.8) is 0 Å². The molecule has 1 aromatic carbocycles. The third-order valence-electron chi connectivity index (χ3n) is 5.00. The van der Waals surface area contributed by atoms with E-state index in [9.17, 15) is 26.0 Å². The summed E-state index contributed by atoms with van der Waals surface area (Å²) in [5.74, 6) is -1.35. The van der Waals surface area contributed by atoms with Crippen LogP contribution in [0.25, 0.3) is 11.1 Å². The first-order valence-electron chi connectivity index (χ1n) is 8.52. The summed E-state index contributed by atoms with van der Waals surface area (Å²) in [6.07, 6.45) is 0.642. The van der Waals surface area contributed by atoms with Crippen molar-refractivity contribution in [3.05, 3.63) is 53.1 Å². The Morgan fingerprint density at radius 2 is 1.85 bits per heavy atom. The largest absolute Gasteiger partial charge is 0.419 e. The SMILES string of the molecule is O=S(=O)(NC1CCc2c(-c3ccc(C(F)(F)F)c(F)c3)cncc21)C1CC1. The van der Waals surface area contributed by atoms with E-state index in [2.05, 4.69) is 9.71 Å². The second kappa shape index (κ2) is 6.27. The van der Waals surface area contributed by atoms with Gasteiger partial charge in [-0.2, -0.15) is 13.2 Å². The summed E-state index contributed by atoms with van der Waals surface area (Å²) in [5.41, 5.74) is 0.968. The molecule has 0 saturated heterocycles. The molecule has 1 fully saturated rings. The molecule has 1 heterocycles. The van der Waals surface area contributed by atoms with Crippen molar-refractivity contribution >= 4 is 10.0 Å². The van der Waals surface area contributed by atoms with E-state index in [1.165, 1.54) is 12.3 Å². The average Bonchev–Trinajstić information content (AvgIpc) is 3.37. The Balaban J connectivity index is 1.68. The summed E-state index contributed by atoms with van der Waals surface area (Å²) in [4.78, 5) is 4.09. The third-order valence-corrected chi connectivity index (χ3v) is 6.97. The van der Waals surface area contributed by atoms with E-state index >= 15 is 0 Å². The summed E-state index contributed by atoms with van der Waals surface area (Å²) in [6.45, 7) is 0. The summed E-state index contributed by atoms with van der Waals surface area (Å²) < 4.78 is 79.3. The zero-order valence-corrected chi connectivity index (χ0v) is 14.9. The molecule has 9 heteroatoms. The highest BCUT2D eigenvalue weighted by Gasteiger charge is 2.39. The molecule has 0 radical (unpaired) electrons. The second-order valence-electron chi connectivity index (χ2n) is 6.90. The van der Waals surface area contributed by atoms with Crippen molar-refractivity contribution < 1.29 is 26.0 Å². The van der Waals surface area contributed by atoms with Gasteiger partial charge in [0.15, 0.2) is 0 Å². The Labute approximate surface area is 153 Å². The Kier molecular flexibility index (Phi) is 4.27. The van der Waals surface area contributed by atoms with E-state index < -0.39 is 33.6 Å². The van der Waals surface area contributed by atoms with Crippen LogP contribution in [0.1, 0.15) is 42.0 Å². The van der Waals surface area contributed by atoms with Gasteiger partial charge in [0.25, 0.3) is 0 Å². The molecule has 4 rings (SSSR count). The Hall–Kier alpha value is -2.00. The van der Waals surface area contributed by atoms with Gasteiger partial charge in [-0.3, -0.25) is 4.98 Å². The zero-order chi connectivity index (χ0) is 19.4. The van der Waals surface area contributed by atoms with Crippen molar-refractivity contribution in [3.8, 4) is 11.1 Å². The first-order valence-corrected chi connectivity index (χ1v) is 10.1. The number of nitrogens with one attached hydrogen (secondary N) is 1. The predicted molar refractivity (Wildman–Crippen MR) is 90.8 cm³/mol. The van der Waals surface area contributed by atoms with Gasteiger partial charge in [-0.05, 0) is 54.5 Å². The number of fused-ring (bicyclic) bond motifs is 1. The number of alkyl halides is 3. The molecular formula is C18H16F4N2O2S. The van der Waals surface area contributed by atoms with Crippen LogP contribution in [0.4, 0.5) is 17.6 Å². The predicted octanol–water partition coefficient (Wildman–Crippen LogP) is 3.98. The van der Waals surface area contributed by atoms with Crippen LogP contribution in [0.3, 0.4) is 0 Å². The molecule has 1 unspecified atom stereocenters. The quantitative estimate of drug-likeness (QED) is 0.790. The fourth-order valence-corrected chi connectivity index (χ4v) is 5.07. The van der Waals surface area contributed by atoms with Gasteiger partial charge in [0.1, 0.15) is 5.82 Å². The van der Waals surface area contributed by atoms with Gasteiger partial charge >= 0.3 is 6.18 Å². The average molecular weight is 400 g/mol. The molecule has 0 aliphatic heterocycles. The van der Waals surface area contributed by atoms with Gasteiger partial charge in [0.2, 0.25) is 10.0 Å². The van der Waals surface area contributed by atoms with Gasteiger partial charge in [-0.25, -0.2) is 17.5 Å². The minimum atomic E-state index is -4.76. The molecule has 4 nitrogen and oxygen atoms in total. The van der Waals surface area contributed by atoms with Crippen molar-refractivity contribution in [2.45, 2.75) is 43.2 Å². The number of aromatic nitrogens is 1. The fourth-order valence-electron chi connectivity index (χ4n) is 3.48. The molecule has 144 valence electrons. The highest BCUT2D eigenvalue weighted by atomic mass is 32.2. The maximum atomic E-state index is 13.9. The molecule has 1 aromatic heterocycles. The van der Waals surface area contributed by atoms with Crippen LogP contribution in [0.15, 0.2) is 30.6 Å². The maximum Gasteiger partial charge on any atom is 0.419 e. The van der Waals surface area contributed by atoms with Gasteiger partial charge in [-0.1, -0.05) is 6.07 Å². The Morgan fingerprint density at radius 1 is 1.11 bits per heavy atom. The van der Waals surface area contributed by atoms with E-state index in [4.69, 9.17) is 0 Å². The summed E-state index contributed by atoms with van der Waals surface area (Å²) >= 11 is 0. The number of rotatable bonds is 4. The van der Waals surface area contributed by atoms with Crippen LogP contribution in [-0.4, -0.2) is 18.7 Å². The van der Waals surface area contributed by atoms with Gasteiger partial charge in [0.05, 0.1) is 10.8 Å². The minimum absolute atomic E-state index is 0.288. The zero-order valence-electron chi connectivity index (χ0n) is 14.1. The van der Waals surface area contributed by atoms with Crippen LogP contribution in [0.5, 0.6) is 0 Å². The van der Waals surface area contributed by atoms with Crippen LogP contribution >= 0.6 is 0 Å². The maximum absolute atomic E-state index is 13.9. The molecule has 2 aromatic rings. The van der Waals surface area contributed by atoms with Crippen molar-refractivity contribution in [1.29, 1.82) is 0 Å². The fraction of sp³-hybridized carbons (Fsp3) is 0.389. The van der Waals surface area contributed by atoms with Crippen LogP contribution in [0, 0.1) is 5.82 Å². The first kappa shape index (κ1) is 18.4. The highest BCUT2D eigenvalue weighted by molar-refractivity contribution is 7.90. The lowest BCUT2D eigenvalue weighted by atomic mass is 9.98.